The highest BCUT2D eigenvalue weighted by Crippen LogP contribution is 2.23. The molecule has 1 heterocycles. The number of aromatic nitrogens is 1. The third-order valence-electron chi connectivity index (χ3n) is 3.13. The van der Waals surface area contributed by atoms with Crippen molar-refractivity contribution in [3.05, 3.63) is 53.5 Å². The first-order chi connectivity index (χ1) is 10.5. The molecule has 1 aromatic heterocycles. The summed E-state index contributed by atoms with van der Waals surface area (Å²) < 4.78 is 28.3. The van der Waals surface area contributed by atoms with Crippen molar-refractivity contribution in [3.63, 3.8) is 0 Å². The fourth-order valence-electron chi connectivity index (χ4n) is 2.02. The molecule has 3 rings (SSSR count). The van der Waals surface area contributed by atoms with Gasteiger partial charge in [-0.1, -0.05) is 12.1 Å². The predicted molar refractivity (Wildman–Crippen MR) is 86.9 cm³/mol. The number of anilines is 1. The smallest absolute Gasteiger partial charge is 0.261 e. The molecule has 0 bridgehead atoms. The molecule has 0 aliphatic rings. The van der Waals surface area contributed by atoms with E-state index in [9.17, 15) is 13.2 Å². The number of nitrogens with one attached hydrogen (secondary N) is 1. The summed E-state index contributed by atoms with van der Waals surface area (Å²) in [6.07, 6.45) is 0. The quantitative estimate of drug-likeness (QED) is 0.744. The minimum atomic E-state index is -3.75. The Morgan fingerprint density at radius 1 is 1.18 bits per heavy atom. The summed E-state index contributed by atoms with van der Waals surface area (Å²) in [5.41, 5.74) is 3.24. The first-order valence-electron chi connectivity index (χ1n) is 6.43. The van der Waals surface area contributed by atoms with Crippen molar-refractivity contribution in [2.75, 3.05) is 4.72 Å². The first kappa shape index (κ1) is 14.7. The molecule has 112 valence electrons. The van der Waals surface area contributed by atoms with Gasteiger partial charge in [0.1, 0.15) is 0 Å². The van der Waals surface area contributed by atoms with Crippen molar-refractivity contribution in [2.45, 2.75) is 11.8 Å². The van der Waals surface area contributed by atoms with Crippen molar-refractivity contribution in [1.29, 1.82) is 0 Å². The summed E-state index contributed by atoms with van der Waals surface area (Å²) in [5, 5.41) is 0. The Morgan fingerprint density at radius 2 is 2.00 bits per heavy atom. The Kier molecular flexibility index (Phi) is 3.67. The molecule has 0 unspecified atom stereocenters. The zero-order valence-corrected chi connectivity index (χ0v) is 13.2. The van der Waals surface area contributed by atoms with Gasteiger partial charge in [0.05, 0.1) is 26.3 Å². The Bertz CT molecular complexity index is 962. The van der Waals surface area contributed by atoms with Crippen molar-refractivity contribution in [3.8, 4) is 0 Å². The standard InChI is InChI=1S/C15H12N2O3S2/c1-10(18)11-3-2-4-13(7-11)22(19,20)17-12-5-6-15-14(8-12)16-9-21-15/h2-9,17H,1H3. The van der Waals surface area contributed by atoms with Gasteiger partial charge in [-0.15, -0.1) is 11.3 Å². The van der Waals surface area contributed by atoms with E-state index in [1.165, 1.54) is 30.4 Å². The predicted octanol–water partition coefficient (Wildman–Crippen LogP) is 3.30. The molecule has 0 saturated heterocycles. The molecular formula is C15H12N2O3S2. The number of carbonyl (C=O) groups excluding carboxylic acids is 1. The number of benzene rings is 2. The summed E-state index contributed by atoms with van der Waals surface area (Å²) in [7, 11) is -3.75. The zero-order valence-electron chi connectivity index (χ0n) is 11.6. The normalized spacial score (nSPS) is 11.5. The summed E-state index contributed by atoms with van der Waals surface area (Å²) in [4.78, 5) is 15.6. The Hall–Kier alpha value is -2.25. The highest BCUT2D eigenvalue weighted by Gasteiger charge is 2.16. The third-order valence-corrected chi connectivity index (χ3v) is 5.32. The van der Waals surface area contributed by atoms with E-state index in [0.29, 0.717) is 11.3 Å². The van der Waals surface area contributed by atoms with Crippen LogP contribution >= 0.6 is 11.3 Å². The second-order valence-electron chi connectivity index (χ2n) is 4.72. The van der Waals surface area contributed by atoms with E-state index in [1.54, 1.807) is 29.8 Å². The van der Waals surface area contributed by atoms with Gasteiger partial charge in [-0.2, -0.15) is 0 Å². The lowest BCUT2D eigenvalue weighted by Crippen LogP contribution is -2.13. The fraction of sp³-hybridized carbons (Fsp3) is 0.0667. The number of Topliss-reactive ketones (excluding diaryl/α,β-unsaturated/α-hetero) is 1. The van der Waals surface area contributed by atoms with E-state index in [1.807, 2.05) is 6.07 Å². The average Bonchev–Trinajstić information content (AvgIpc) is 2.94. The molecule has 0 aliphatic carbocycles. The van der Waals surface area contributed by atoms with Crippen LogP contribution in [0.1, 0.15) is 17.3 Å². The number of hydrogen-bond acceptors (Lipinski definition) is 5. The molecule has 22 heavy (non-hydrogen) atoms. The maximum absolute atomic E-state index is 12.4. The minimum absolute atomic E-state index is 0.0542. The summed E-state index contributed by atoms with van der Waals surface area (Å²) >= 11 is 1.49. The molecule has 7 heteroatoms. The van der Waals surface area contributed by atoms with E-state index in [4.69, 9.17) is 0 Å². The van der Waals surface area contributed by atoms with Gasteiger partial charge in [-0.25, -0.2) is 13.4 Å². The SMILES string of the molecule is CC(=O)c1cccc(S(=O)(=O)Nc2ccc3scnc3c2)c1. The summed E-state index contributed by atoms with van der Waals surface area (Å²) in [6.45, 7) is 1.40. The van der Waals surface area contributed by atoms with Crippen LogP contribution in [0, 0.1) is 0 Å². The number of nitrogens with zero attached hydrogens (tertiary/aromatic N) is 1. The van der Waals surface area contributed by atoms with Crippen LogP contribution in [0.15, 0.2) is 52.9 Å². The number of thiazole rings is 1. The van der Waals surface area contributed by atoms with Crippen molar-refractivity contribution >= 4 is 43.0 Å². The lowest BCUT2D eigenvalue weighted by Gasteiger charge is -2.08. The lowest BCUT2D eigenvalue weighted by molar-refractivity contribution is 0.101. The van der Waals surface area contributed by atoms with Crippen LogP contribution in [0.4, 0.5) is 5.69 Å². The molecule has 0 atom stereocenters. The van der Waals surface area contributed by atoms with Crippen molar-refractivity contribution < 1.29 is 13.2 Å². The van der Waals surface area contributed by atoms with Crippen LogP contribution in [0.3, 0.4) is 0 Å². The van der Waals surface area contributed by atoms with E-state index in [2.05, 4.69) is 9.71 Å². The number of carbonyl (C=O) groups is 1. The van der Waals surface area contributed by atoms with E-state index in [0.717, 1.165) is 10.2 Å². The molecule has 0 amide bonds. The summed E-state index contributed by atoms with van der Waals surface area (Å²) in [5.74, 6) is -0.180. The molecule has 0 fully saturated rings. The van der Waals surface area contributed by atoms with Crippen LogP contribution in [-0.2, 0) is 10.0 Å². The van der Waals surface area contributed by atoms with E-state index < -0.39 is 10.0 Å². The maximum Gasteiger partial charge on any atom is 0.261 e. The zero-order chi connectivity index (χ0) is 15.7. The number of ketones is 1. The van der Waals surface area contributed by atoms with Gasteiger partial charge in [-0.3, -0.25) is 9.52 Å². The van der Waals surface area contributed by atoms with Gasteiger partial charge in [0.2, 0.25) is 0 Å². The van der Waals surface area contributed by atoms with Crippen LogP contribution in [-0.4, -0.2) is 19.2 Å². The second-order valence-corrected chi connectivity index (χ2v) is 7.29. The largest absolute Gasteiger partial charge is 0.295 e. The van der Waals surface area contributed by atoms with Gasteiger partial charge in [0, 0.05) is 5.56 Å². The third kappa shape index (κ3) is 2.86. The Labute approximate surface area is 131 Å². The van der Waals surface area contributed by atoms with Crippen LogP contribution < -0.4 is 4.72 Å². The number of fused-ring (bicyclic) bond motifs is 1. The molecule has 0 spiro atoms. The second kappa shape index (κ2) is 5.51. The number of sulfonamides is 1. The van der Waals surface area contributed by atoms with Gasteiger partial charge in [-0.05, 0) is 37.3 Å². The molecule has 0 saturated carbocycles. The molecule has 5 nitrogen and oxygen atoms in total. The highest BCUT2D eigenvalue weighted by atomic mass is 32.2. The van der Waals surface area contributed by atoms with Crippen molar-refractivity contribution in [1.82, 2.24) is 4.98 Å². The van der Waals surface area contributed by atoms with Crippen LogP contribution in [0.5, 0.6) is 0 Å². The molecular weight excluding hydrogens is 320 g/mol. The Balaban J connectivity index is 1.95. The fourth-order valence-corrected chi connectivity index (χ4v) is 3.77. The number of rotatable bonds is 4. The Morgan fingerprint density at radius 3 is 2.77 bits per heavy atom. The molecule has 0 aliphatic heterocycles. The van der Waals surface area contributed by atoms with Gasteiger partial charge in [0.15, 0.2) is 5.78 Å². The monoisotopic (exact) mass is 332 g/mol. The van der Waals surface area contributed by atoms with Crippen LogP contribution in [0.2, 0.25) is 0 Å². The van der Waals surface area contributed by atoms with Gasteiger partial charge in [0.25, 0.3) is 10.0 Å². The topological polar surface area (TPSA) is 76.1 Å². The van der Waals surface area contributed by atoms with E-state index >= 15 is 0 Å². The molecule has 3 aromatic rings. The highest BCUT2D eigenvalue weighted by molar-refractivity contribution is 7.92. The van der Waals surface area contributed by atoms with Crippen molar-refractivity contribution in [2.24, 2.45) is 0 Å². The molecule has 1 N–H and O–H groups in total. The first-order valence-corrected chi connectivity index (χ1v) is 8.79. The van der Waals surface area contributed by atoms with Gasteiger partial charge >= 0.3 is 0 Å². The van der Waals surface area contributed by atoms with Gasteiger partial charge < -0.3 is 0 Å². The van der Waals surface area contributed by atoms with E-state index in [-0.39, 0.29) is 10.7 Å². The molecule has 2 aromatic carbocycles. The maximum atomic E-state index is 12.4. The van der Waals surface area contributed by atoms with Crippen LogP contribution in [0.25, 0.3) is 10.2 Å². The minimum Gasteiger partial charge on any atom is -0.295 e. The molecule has 0 radical (unpaired) electrons. The number of hydrogen-bond donors (Lipinski definition) is 1. The summed E-state index contributed by atoms with van der Waals surface area (Å²) in [6, 6.07) is 11.1. The average molecular weight is 332 g/mol. The lowest BCUT2D eigenvalue weighted by atomic mass is 10.2.